The van der Waals surface area contributed by atoms with Crippen LogP contribution in [-0.2, 0) is 0 Å². The number of rotatable bonds is 1. The Bertz CT molecular complexity index is 468. The molecule has 1 aromatic heterocycles. The lowest BCUT2D eigenvalue weighted by atomic mass is 10.1. The minimum absolute atomic E-state index is 0.334. The van der Waals surface area contributed by atoms with Gasteiger partial charge in [-0.25, -0.2) is 4.39 Å². The summed E-state index contributed by atoms with van der Waals surface area (Å²) in [4.78, 5) is 3.97. The van der Waals surface area contributed by atoms with Gasteiger partial charge in [-0.1, -0.05) is 12.1 Å². The molecule has 0 aliphatic heterocycles. The fraction of sp³-hybridized carbons (Fsp3) is 0.182. The Kier molecular flexibility index (Phi) is 2.17. The number of benzene rings is 1. The molecule has 1 N–H and O–H groups in total. The molecule has 0 bridgehead atoms. The smallest absolute Gasteiger partial charge is 0.149 e. The zero-order chi connectivity index (χ0) is 10.1. The predicted octanol–water partition coefficient (Wildman–Crippen LogP) is 2.43. The molecule has 0 spiro atoms. The van der Waals surface area contributed by atoms with Crippen molar-refractivity contribution >= 4 is 10.9 Å². The average molecular weight is 191 g/mol. The molecule has 0 aliphatic carbocycles. The third kappa shape index (κ3) is 1.46. The van der Waals surface area contributed by atoms with E-state index in [-0.39, 0.29) is 5.82 Å². The number of aliphatic hydroxyl groups excluding tert-OH is 1. The molecule has 0 radical (unpaired) electrons. The first kappa shape index (κ1) is 9.09. The quantitative estimate of drug-likeness (QED) is 0.750. The molecule has 1 aromatic carbocycles. The van der Waals surface area contributed by atoms with Crippen molar-refractivity contribution in [3.63, 3.8) is 0 Å². The summed E-state index contributed by atoms with van der Waals surface area (Å²) in [6, 6.07) is 6.52. The molecule has 0 amide bonds. The van der Waals surface area contributed by atoms with E-state index in [4.69, 9.17) is 0 Å². The second kappa shape index (κ2) is 3.35. The highest BCUT2D eigenvalue weighted by Crippen LogP contribution is 2.19. The summed E-state index contributed by atoms with van der Waals surface area (Å²) in [5, 5.41) is 10.0. The van der Waals surface area contributed by atoms with Crippen LogP contribution < -0.4 is 0 Å². The summed E-state index contributed by atoms with van der Waals surface area (Å²) in [5.41, 5.74) is 1.04. The molecule has 1 heterocycles. The van der Waals surface area contributed by atoms with Gasteiger partial charge < -0.3 is 5.11 Å². The van der Waals surface area contributed by atoms with E-state index in [1.807, 2.05) is 0 Å². The summed E-state index contributed by atoms with van der Waals surface area (Å²) in [6.45, 7) is 1.65. The van der Waals surface area contributed by atoms with Crippen LogP contribution in [0.1, 0.15) is 18.6 Å². The summed E-state index contributed by atoms with van der Waals surface area (Å²) in [7, 11) is 0. The first-order valence-corrected chi connectivity index (χ1v) is 4.41. The number of para-hydroxylation sites is 1. The molecule has 0 saturated carbocycles. The van der Waals surface area contributed by atoms with Gasteiger partial charge in [-0.3, -0.25) is 4.98 Å². The van der Waals surface area contributed by atoms with E-state index in [0.29, 0.717) is 16.5 Å². The molecule has 14 heavy (non-hydrogen) atoms. The molecular weight excluding hydrogens is 181 g/mol. The van der Waals surface area contributed by atoms with Crippen LogP contribution in [-0.4, -0.2) is 10.1 Å². The summed E-state index contributed by atoms with van der Waals surface area (Å²) < 4.78 is 13.2. The highest BCUT2D eigenvalue weighted by molar-refractivity contribution is 5.79. The lowest BCUT2D eigenvalue weighted by Gasteiger charge is -2.05. The van der Waals surface area contributed by atoms with Crippen molar-refractivity contribution in [1.29, 1.82) is 0 Å². The summed E-state index contributed by atoms with van der Waals surface area (Å²) in [5.74, 6) is -0.334. The molecule has 72 valence electrons. The largest absolute Gasteiger partial charge is 0.389 e. The molecule has 3 heteroatoms. The molecule has 2 aromatic rings. The lowest BCUT2D eigenvalue weighted by Crippen LogP contribution is -1.93. The van der Waals surface area contributed by atoms with Crippen LogP contribution >= 0.6 is 0 Å². The fourth-order valence-corrected chi connectivity index (χ4v) is 1.37. The maximum atomic E-state index is 13.2. The Morgan fingerprint density at radius 2 is 2.21 bits per heavy atom. The van der Waals surface area contributed by atoms with Gasteiger partial charge in [0.2, 0.25) is 0 Å². The number of nitrogens with zero attached hydrogens (tertiary/aromatic N) is 1. The van der Waals surface area contributed by atoms with Gasteiger partial charge in [0.15, 0.2) is 0 Å². The van der Waals surface area contributed by atoms with Gasteiger partial charge in [0.05, 0.1) is 6.10 Å². The molecular formula is C11H10FNO. The highest BCUT2D eigenvalue weighted by Gasteiger charge is 2.05. The summed E-state index contributed by atoms with van der Waals surface area (Å²) in [6.07, 6.45) is 0.922. The number of aliphatic hydroxyl groups is 1. The minimum Gasteiger partial charge on any atom is -0.389 e. The Balaban J connectivity index is 2.67. The second-order valence-electron chi connectivity index (χ2n) is 3.26. The lowest BCUT2D eigenvalue weighted by molar-refractivity contribution is 0.199. The molecule has 0 fully saturated rings. The van der Waals surface area contributed by atoms with E-state index < -0.39 is 6.10 Å². The van der Waals surface area contributed by atoms with E-state index in [2.05, 4.69) is 4.98 Å². The third-order valence-corrected chi connectivity index (χ3v) is 2.17. The number of pyridine rings is 1. The number of halogens is 1. The monoisotopic (exact) mass is 191 g/mol. The summed E-state index contributed by atoms with van der Waals surface area (Å²) >= 11 is 0. The van der Waals surface area contributed by atoms with Gasteiger partial charge in [-0.2, -0.15) is 0 Å². The molecule has 0 aliphatic rings. The van der Waals surface area contributed by atoms with E-state index >= 15 is 0 Å². The zero-order valence-corrected chi connectivity index (χ0v) is 7.74. The van der Waals surface area contributed by atoms with Crippen LogP contribution in [0.5, 0.6) is 0 Å². The maximum Gasteiger partial charge on any atom is 0.149 e. The predicted molar refractivity (Wildman–Crippen MR) is 52.3 cm³/mol. The van der Waals surface area contributed by atoms with Crippen LogP contribution in [0.3, 0.4) is 0 Å². The standard InChI is InChI=1S/C11H10FNO/c1-7(14)9-5-8-3-2-4-10(12)11(8)13-6-9/h2-7,14H,1H3. The molecule has 2 rings (SSSR count). The van der Waals surface area contributed by atoms with E-state index in [1.165, 1.54) is 12.3 Å². The van der Waals surface area contributed by atoms with Crippen molar-refractivity contribution in [3.8, 4) is 0 Å². The topological polar surface area (TPSA) is 33.1 Å². The van der Waals surface area contributed by atoms with Gasteiger partial charge in [0.25, 0.3) is 0 Å². The Hall–Kier alpha value is -1.48. The van der Waals surface area contributed by atoms with Crippen LogP contribution in [0.2, 0.25) is 0 Å². The van der Waals surface area contributed by atoms with Crippen LogP contribution in [0.25, 0.3) is 10.9 Å². The SMILES string of the molecule is CC(O)c1cnc2c(F)cccc2c1. The normalized spacial score (nSPS) is 13.1. The molecule has 0 saturated heterocycles. The fourth-order valence-electron chi connectivity index (χ4n) is 1.37. The van der Waals surface area contributed by atoms with Crippen molar-refractivity contribution < 1.29 is 9.50 Å². The van der Waals surface area contributed by atoms with Crippen LogP contribution in [0.15, 0.2) is 30.5 Å². The van der Waals surface area contributed by atoms with Gasteiger partial charge in [0, 0.05) is 11.6 Å². The average Bonchev–Trinajstić information content (AvgIpc) is 2.17. The molecule has 2 nitrogen and oxygen atoms in total. The number of aromatic nitrogens is 1. The Morgan fingerprint density at radius 3 is 2.93 bits per heavy atom. The van der Waals surface area contributed by atoms with Crippen molar-refractivity contribution in [2.75, 3.05) is 0 Å². The van der Waals surface area contributed by atoms with E-state index in [0.717, 1.165) is 0 Å². The Labute approximate surface area is 81.0 Å². The second-order valence-corrected chi connectivity index (χ2v) is 3.26. The number of fused-ring (bicyclic) bond motifs is 1. The van der Waals surface area contributed by atoms with E-state index in [1.54, 1.807) is 25.1 Å². The van der Waals surface area contributed by atoms with Crippen molar-refractivity contribution in [2.24, 2.45) is 0 Å². The third-order valence-electron chi connectivity index (χ3n) is 2.17. The first-order valence-electron chi connectivity index (χ1n) is 4.41. The van der Waals surface area contributed by atoms with Gasteiger partial charge >= 0.3 is 0 Å². The van der Waals surface area contributed by atoms with Crippen molar-refractivity contribution in [2.45, 2.75) is 13.0 Å². The Morgan fingerprint density at radius 1 is 1.43 bits per heavy atom. The van der Waals surface area contributed by atoms with Gasteiger partial charge in [-0.05, 0) is 24.6 Å². The number of hydrogen-bond acceptors (Lipinski definition) is 2. The van der Waals surface area contributed by atoms with Crippen molar-refractivity contribution in [3.05, 3.63) is 41.8 Å². The highest BCUT2D eigenvalue weighted by atomic mass is 19.1. The maximum absolute atomic E-state index is 13.2. The first-order chi connectivity index (χ1) is 6.68. The van der Waals surface area contributed by atoms with Gasteiger partial charge in [0.1, 0.15) is 11.3 Å². The zero-order valence-electron chi connectivity index (χ0n) is 7.74. The van der Waals surface area contributed by atoms with Crippen LogP contribution in [0, 0.1) is 5.82 Å². The number of hydrogen-bond donors (Lipinski definition) is 1. The van der Waals surface area contributed by atoms with Crippen LogP contribution in [0.4, 0.5) is 4.39 Å². The van der Waals surface area contributed by atoms with E-state index in [9.17, 15) is 9.50 Å². The molecule has 1 atom stereocenters. The molecule has 1 unspecified atom stereocenters. The minimum atomic E-state index is -0.574. The van der Waals surface area contributed by atoms with Gasteiger partial charge in [-0.15, -0.1) is 0 Å². The van der Waals surface area contributed by atoms with Crippen molar-refractivity contribution in [1.82, 2.24) is 4.98 Å².